The Bertz CT molecular complexity index is 1210. The van der Waals surface area contributed by atoms with Crippen LogP contribution in [0.1, 0.15) is 36.8 Å². The number of hydrogen-bond acceptors (Lipinski definition) is 5. The summed E-state index contributed by atoms with van der Waals surface area (Å²) < 4.78 is 24.1. The van der Waals surface area contributed by atoms with Crippen LogP contribution in [0.3, 0.4) is 0 Å². The van der Waals surface area contributed by atoms with Crippen LogP contribution in [0.4, 0.5) is 4.39 Å². The predicted molar refractivity (Wildman–Crippen MR) is 121 cm³/mol. The highest BCUT2D eigenvalue weighted by Crippen LogP contribution is 2.36. The van der Waals surface area contributed by atoms with Gasteiger partial charge in [-0.25, -0.2) is 4.39 Å². The standard InChI is InChI=1S/C25H25FN4O4/c26-19-4-2-17(3-5-19)24-18(14-28-30-24)13-27-22(31)7-9-25(10-8-23(32)29-25)12-16-1-6-20-21(11-16)34-15-33-20/h1-6,11,14H,7-10,12-13,15H2,(H,27,31)(H,28,30)(H,29,32). The molecule has 2 amide bonds. The molecule has 176 valence electrons. The van der Waals surface area contributed by atoms with Crippen LogP contribution < -0.4 is 20.1 Å². The number of rotatable bonds is 8. The molecule has 8 nitrogen and oxygen atoms in total. The van der Waals surface area contributed by atoms with Crippen molar-refractivity contribution >= 4 is 11.8 Å². The van der Waals surface area contributed by atoms with Crippen molar-refractivity contribution in [2.24, 2.45) is 0 Å². The van der Waals surface area contributed by atoms with Gasteiger partial charge in [0.2, 0.25) is 18.6 Å². The first-order valence-corrected chi connectivity index (χ1v) is 11.2. The van der Waals surface area contributed by atoms with E-state index in [2.05, 4.69) is 20.8 Å². The van der Waals surface area contributed by atoms with E-state index < -0.39 is 5.54 Å². The molecule has 1 aromatic heterocycles. The highest BCUT2D eigenvalue weighted by Gasteiger charge is 2.38. The lowest BCUT2D eigenvalue weighted by Gasteiger charge is -2.29. The summed E-state index contributed by atoms with van der Waals surface area (Å²) in [5.41, 5.74) is 2.89. The smallest absolute Gasteiger partial charge is 0.231 e. The topological polar surface area (TPSA) is 105 Å². The molecular formula is C25H25FN4O4. The first-order valence-electron chi connectivity index (χ1n) is 11.2. The molecule has 2 aliphatic rings. The number of nitrogens with one attached hydrogen (secondary N) is 3. The van der Waals surface area contributed by atoms with Crippen molar-refractivity contribution in [1.82, 2.24) is 20.8 Å². The first-order chi connectivity index (χ1) is 16.5. The summed E-state index contributed by atoms with van der Waals surface area (Å²) in [5, 5.41) is 13.0. The number of H-pyrrole nitrogens is 1. The van der Waals surface area contributed by atoms with Gasteiger partial charge in [0.25, 0.3) is 0 Å². The summed E-state index contributed by atoms with van der Waals surface area (Å²) in [6.07, 6.45) is 4.17. The van der Waals surface area contributed by atoms with Gasteiger partial charge in [-0.3, -0.25) is 14.7 Å². The Labute approximate surface area is 195 Å². The van der Waals surface area contributed by atoms with Gasteiger partial charge in [-0.15, -0.1) is 0 Å². The SMILES string of the molecule is O=C(CCC1(Cc2ccc3c(c2)OCO3)CCC(=O)N1)NCc1cn[nH]c1-c1ccc(F)cc1. The quantitative estimate of drug-likeness (QED) is 0.475. The van der Waals surface area contributed by atoms with Crippen LogP contribution in [0.2, 0.25) is 0 Å². The minimum atomic E-state index is -0.475. The number of hydrogen-bond donors (Lipinski definition) is 3. The molecule has 1 unspecified atom stereocenters. The Kier molecular flexibility index (Phi) is 5.91. The normalized spacial score (nSPS) is 18.7. The van der Waals surface area contributed by atoms with E-state index in [9.17, 15) is 14.0 Å². The van der Waals surface area contributed by atoms with E-state index in [-0.39, 0.29) is 30.8 Å². The van der Waals surface area contributed by atoms with Crippen molar-refractivity contribution < 1.29 is 23.5 Å². The molecule has 34 heavy (non-hydrogen) atoms. The maximum absolute atomic E-state index is 13.2. The van der Waals surface area contributed by atoms with Crippen LogP contribution >= 0.6 is 0 Å². The zero-order valence-electron chi connectivity index (χ0n) is 18.5. The molecule has 0 bridgehead atoms. The summed E-state index contributed by atoms with van der Waals surface area (Å²) in [5.74, 6) is 0.992. The van der Waals surface area contributed by atoms with E-state index in [1.165, 1.54) is 12.1 Å². The van der Waals surface area contributed by atoms with E-state index in [4.69, 9.17) is 9.47 Å². The van der Waals surface area contributed by atoms with Crippen molar-refractivity contribution in [2.45, 2.75) is 44.2 Å². The van der Waals surface area contributed by atoms with Gasteiger partial charge in [-0.05, 0) is 61.2 Å². The molecule has 9 heteroatoms. The fraction of sp³-hybridized carbons (Fsp3) is 0.320. The number of aromatic nitrogens is 2. The van der Waals surface area contributed by atoms with Crippen molar-refractivity contribution in [3.05, 3.63) is 65.6 Å². The Morgan fingerprint density at radius 1 is 1.15 bits per heavy atom. The maximum atomic E-state index is 13.2. The van der Waals surface area contributed by atoms with Crippen LogP contribution in [-0.4, -0.2) is 34.3 Å². The van der Waals surface area contributed by atoms with Crippen LogP contribution in [0.15, 0.2) is 48.7 Å². The number of nitrogens with zero attached hydrogens (tertiary/aromatic N) is 1. The average Bonchev–Trinajstić information content (AvgIpc) is 3.57. The van der Waals surface area contributed by atoms with Crippen molar-refractivity contribution in [1.29, 1.82) is 0 Å². The van der Waals surface area contributed by atoms with Gasteiger partial charge in [0.1, 0.15) is 5.82 Å². The third kappa shape index (κ3) is 4.73. The van der Waals surface area contributed by atoms with E-state index in [1.807, 2.05) is 18.2 Å². The minimum Gasteiger partial charge on any atom is -0.454 e. The number of benzene rings is 2. The Morgan fingerprint density at radius 2 is 1.97 bits per heavy atom. The van der Waals surface area contributed by atoms with Crippen molar-refractivity contribution in [3.8, 4) is 22.8 Å². The minimum absolute atomic E-state index is 0.00323. The summed E-state index contributed by atoms with van der Waals surface area (Å²) in [7, 11) is 0. The average molecular weight is 464 g/mol. The molecule has 2 aromatic carbocycles. The molecule has 1 fully saturated rings. The van der Waals surface area contributed by atoms with Crippen LogP contribution in [0.25, 0.3) is 11.3 Å². The summed E-state index contributed by atoms with van der Waals surface area (Å²) in [4.78, 5) is 24.7. The Balaban J connectivity index is 1.20. The largest absolute Gasteiger partial charge is 0.454 e. The number of carbonyl (C=O) groups is 2. The fourth-order valence-corrected chi connectivity index (χ4v) is 4.57. The third-order valence-corrected chi connectivity index (χ3v) is 6.37. The van der Waals surface area contributed by atoms with Gasteiger partial charge in [-0.2, -0.15) is 5.10 Å². The van der Waals surface area contributed by atoms with Crippen molar-refractivity contribution in [2.75, 3.05) is 6.79 Å². The van der Waals surface area contributed by atoms with Crippen LogP contribution in [0.5, 0.6) is 11.5 Å². The molecule has 3 aromatic rings. The molecule has 3 heterocycles. The second kappa shape index (κ2) is 9.17. The lowest BCUT2D eigenvalue weighted by Crippen LogP contribution is -2.44. The lowest BCUT2D eigenvalue weighted by molar-refractivity contribution is -0.122. The molecule has 0 radical (unpaired) electrons. The zero-order chi connectivity index (χ0) is 23.5. The molecule has 0 aliphatic carbocycles. The number of amides is 2. The van der Waals surface area contributed by atoms with E-state index in [1.54, 1.807) is 18.3 Å². The van der Waals surface area contributed by atoms with E-state index in [0.29, 0.717) is 43.7 Å². The fourth-order valence-electron chi connectivity index (χ4n) is 4.57. The number of ether oxygens (including phenoxy) is 2. The van der Waals surface area contributed by atoms with Crippen LogP contribution in [0, 0.1) is 5.82 Å². The van der Waals surface area contributed by atoms with Gasteiger partial charge in [0, 0.05) is 36.1 Å². The Morgan fingerprint density at radius 3 is 2.76 bits per heavy atom. The molecule has 0 saturated carbocycles. The molecular weight excluding hydrogens is 439 g/mol. The van der Waals surface area contributed by atoms with Gasteiger partial charge >= 0.3 is 0 Å². The van der Waals surface area contributed by atoms with E-state index >= 15 is 0 Å². The van der Waals surface area contributed by atoms with Crippen molar-refractivity contribution in [3.63, 3.8) is 0 Å². The molecule has 2 aliphatic heterocycles. The highest BCUT2D eigenvalue weighted by molar-refractivity contribution is 5.80. The maximum Gasteiger partial charge on any atom is 0.231 e. The lowest BCUT2D eigenvalue weighted by atomic mass is 9.85. The second-order valence-electron chi connectivity index (χ2n) is 8.75. The molecule has 1 saturated heterocycles. The second-order valence-corrected chi connectivity index (χ2v) is 8.75. The number of fused-ring (bicyclic) bond motifs is 1. The molecule has 0 spiro atoms. The number of halogens is 1. The van der Waals surface area contributed by atoms with Gasteiger partial charge in [0.15, 0.2) is 11.5 Å². The predicted octanol–water partition coefficient (Wildman–Crippen LogP) is 3.23. The number of carbonyl (C=O) groups excluding carboxylic acids is 2. The van der Waals surface area contributed by atoms with Crippen LogP contribution in [-0.2, 0) is 22.6 Å². The number of aromatic amines is 1. The monoisotopic (exact) mass is 464 g/mol. The summed E-state index contributed by atoms with van der Waals surface area (Å²) in [6, 6.07) is 11.9. The first kappa shape index (κ1) is 21.9. The van der Waals surface area contributed by atoms with E-state index in [0.717, 1.165) is 22.4 Å². The third-order valence-electron chi connectivity index (χ3n) is 6.37. The van der Waals surface area contributed by atoms with Gasteiger partial charge in [0.05, 0.1) is 11.9 Å². The Hall–Kier alpha value is -3.88. The highest BCUT2D eigenvalue weighted by atomic mass is 19.1. The molecule has 5 rings (SSSR count). The van der Waals surface area contributed by atoms with Gasteiger partial charge in [-0.1, -0.05) is 6.07 Å². The molecule has 1 atom stereocenters. The van der Waals surface area contributed by atoms with Gasteiger partial charge < -0.3 is 20.1 Å². The summed E-state index contributed by atoms with van der Waals surface area (Å²) >= 11 is 0. The molecule has 3 N–H and O–H groups in total. The zero-order valence-corrected chi connectivity index (χ0v) is 18.5. The summed E-state index contributed by atoms with van der Waals surface area (Å²) in [6.45, 7) is 0.504.